The lowest BCUT2D eigenvalue weighted by molar-refractivity contribution is 0.138. The number of aromatic nitrogens is 1. The van der Waals surface area contributed by atoms with Crippen LogP contribution in [0.5, 0.6) is 5.88 Å². The van der Waals surface area contributed by atoms with Gasteiger partial charge in [-0.15, -0.1) is 0 Å². The van der Waals surface area contributed by atoms with Gasteiger partial charge in [-0.05, 0) is 30.5 Å². The highest BCUT2D eigenvalue weighted by Crippen LogP contribution is 2.16. The van der Waals surface area contributed by atoms with Crippen LogP contribution in [0, 0.1) is 6.92 Å². The molecule has 2 heterocycles. The van der Waals surface area contributed by atoms with E-state index in [4.69, 9.17) is 14.5 Å². The number of nitrogens with one attached hydrogen (secondary N) is 2. The molecule has 6 nitrogen and oxygen atoms in total. The van der Waals surface area contributed by atoms with Crippen molar-refractivity contribution in [2.45, 2.75) is 52.3 Å². The summed E-state index contributed by atoms with van der Waals surface area (Å²) in [4.78, 5) is 9.07. The molecular formula is C23H32N4O2. The Morgan fingerprint density at radius 3 is 2.83 bits per heavy atom. The van der Waals surface area contributed by atoms with Crippen LogP contribution in [0.1, 0.15) is 42.9 Å². The molecule has 0 radical (unpaired) electrons. The first-order chi connectivity index (χ1) is 14.2. The first-order valence-electron chi connectivity index (χ1n) is 10.5. The summed E-state index contributed by atoms with van der Waals surface area (Å²) in [5.41, 5.74) is 3.57. The normalized spacial score (nSPS) is 16.6. The Balaban J connectivity index is 1.59. The minimum Gasteiger partial charge on any atom is -0.472 e. The van der Waals surface area contributed by atoms with Crippen LogP contribution in [0.4, 0.5) is 0 Å². The fourth-order valence-corrected chi connectivity index (χ4v) is 3.01. The number of nitrogens with zero attached hydrogens (tertiary/aromatic N) is 2. The van der Waals surface area contributed by atoms with Crippen molar-refractivity contribution in [1.29, 1.82) is 0 Å². The molecule has 0 bridgehead atoms. The standard InChI is InChI=1S/C23H32N4O2/c1-3-4-11-25-23(26-15-19-7-5-18(2)6-8-19)27-16-20-9-12-24-22(14-20)29-21-10-13-28-17-21/h5-9,12,14,21H,3-4,10-11,13,15-17H2,1-2H3,(H2,25,26,27). The minimum atomic E-state index is 0.101. The molecule has 0 aliphatic carbocycles. The summed E-state index contributed by atoms with van der Waals surface area (Å²) < 4.78 is 11.3. The van der Waals surface area contributed by atoms with E-state index < -0.39 is 0 Å². The Bertz CT molecular complexity index is 771. The first-order valence-corrected chi connectivity index (χ1v) is 10.5. The van der Waals surface area contributed by atoms with Crippen LogP contribution in [0.3, 0.4) is 0 Å². The zero-order valence-electron chi connectivity index (χ0n) is 17.5. The fourth-order valence-electron chi connectivity index (χ4n) is 3.01. The summed E-state index contributed by atoms with van der Waals surface area (Å²) >= 11 is 0. The molecule has 1 unspecified atom stereocenters. The number of aliphatic imine (C=N–C) groups is 1. The van der Waals surface area contributed by atoms with Crippen molar-refractivity contribution in [2.24, 2.45) is 4.99 Å². The second-order valence-corrected chi connectivity index (χ2v) is 7.39. The van der Waals surface area contributed by atoms with Gasteiger partial charge in [-0.3, -0.25) is 0 Å². The summed E-state index contributed by atoms with van der Waals surface area (Å²) in [5.74, 6) is 1.46. The highest BCUT2D eigenvalue weighted by molar-refractivity contribution is 5.79. The number of pyridine rings is 1. The molecule has 1 aromatic carbocycles. The highest BCUT2D eigenvalue weighted by atomic mass is 16.5. The topological polar surface area (TPSA) is 67.8 Å². The van der Waals surface area contributed by atoms with Crippen molar-refractivity contribution in [3.8, 4) is 5.88 Å². The summed E-state index contributed by atoms with van der Waals surface area (Å²) in [5, 5.41) is 6.85. The van der Waals surface area contributed by atoms with Gasteiger partial charge in [-0.1, -0.05) is 43.2 Å². The van der Waals surface area contributed by atoms with Gasteiger partial charge >= 0.3 is 0 Å². The largest absolute Gasteiger partial charge is 0.472 e. The lowest BCUT2D eigenvalue weighted by Crippen LogP contribution is -2.37. The van der Waals surface area contributed by atoms with E-state index >= 15 is 0 Å². The molecule has 1 atom stereocenters. The third-order valence-corrected chi connectivity index (χ3v) is 4.80. The highest BCUT2D eigenvalue weighted by Gasteiger charge is 2.17. The lowest BCUT2D eigenvalue weighted by Gasteiger charge is -2.13. The van der Waals surface area contributed by atoms with Crippen LogP contribution >= 0.6 is 0 Å². The van der Waals surface area contributed by atoms with Crippen LogP contribution < -0.4 is 15.4 Å². The predicted molar refractivity (Wildman–Crippen MR) is 116 cm³/mol. The van der Waals surface area contributed by atoms with Crippen LogP contribution in [0.25, 0.3) is 0 Å². The van der Waals surface area contributed by atoms with Crippen LogP contribution in [0.15, 0.2) is 47.6 Å². The molecule has 0 saturated carbocycles. The number of hydrogen-bond acceptors (Lipinski definition) is 4. The zero-order chi connectivity index (χ0) is 20.3. The van der Waals surface area contributed by atoms with Crippen molar-refractivity contribution >= 4 is 5.96 Å². The molecule has 156 valence electrons. The number of hydrogen-bond donors (Lipinski definition) is 2. The maximum Gasteiger partial charge on any atom is 0.213 e. The Morgan fingerprint density at radius 1 is 1.21 bits per heavy atom. The Morgan fingerprint density at radius 2 is 2.07 bits per heavy atom. The average Bonchev–Trinajstić information content (AvgIpc) is 3.24. The molecule has 1 saturated heterocycles. The molecule has 2 N–H and O–H groups in total. The first kappa shape index (κ1) is 21.1. The molecule has 2 aromatic rings. The van der Waals surface area contributed by atoms with Crippen molar-refractivity contribution < 1.29 is 9.47 Å². The van der Waals surface area contributed by atoms with E-state index in [9.17, 15) is 0 Å². The summed E-state index contributed by atoms with van der Waals surface area (Å²) in [6.45, 7) is 7.89. The van der Waals surface area contributed by atoms with Gasteiger partial charge in [-0.2, -0.15) is 0 Å². The van der Waals surface area contributed by atoms with Gasteiger partial charge in [0.2, 0.25) is 5.88 Å². The number of guanidine groups is 1. The zero-order valence-corrected chi connectivity index (χ0v) is 17.5. The van der Waals surface area contributed by atoms with Crippen molar-refractivity contribution in [2.75, 3.05) is 19.8 Å². The molecule has 0 spiro atoms. The summed E-state index contributed by atoms with van der Waals surface area (Å²) in [6.07, 6.45) is 5.05. The van der Waals surface area contributed by atoms with Gasteiger partial charge in [0.15, 0.2) is 5.96 Å². The quantitative estimate of drug-likeness (QED) is 0.385. The summed E-state index contributed by atoms with van der Waals surface area (Å²) in [6, 6.07) is 12.5. The van der Waals surface area contributed by atoms with Gasteiger partial charge in [0.05, 0.1) is 19.8 Å². The van der Waals surface area contributed by atoms with E-state index in [-0.39, 0.29) is 6.10 Å². The number of ether oxygens (including phenoxy) is 2. The van der Waals surface area contributed by atoms with Gasteiger partial charge in [-0.25, -0.2) is 9.98 Å². The van der Waals surface area contributed by atoms with Crippen LogP contribution in [-0.4, -0.2) is 36.8 Å². The van der Waals surface area contributed by atoms with E-state index in [1.54, 1.807) is 6.20 Å². The minimum absolute atomic E-state index is 0.101. The van der Waals surface area contributed by atoms with Crippen molar-refractivity contribution in [3.05, 3.63) is 59.3 Å². The van der Waals surface area contributed by atoms with E-state index in [0.29, 0.717) is 19.0 Å². The maximum absolute atomic E-state index is 5.90. The van der Waals surface area contributed by atoms with E-state index in [2.05, 4.69) is 53.7 Å². The van der Waals surface area contributed by atoms with Crippen LogP contribution in [-0.2, 0) is 17.8 Å². The summed E-state index contributed by atoms with van der Waals surface area (Å²) in [7, 11) is 0. The van der Waals surface area contributed by atoms with Gasteiger partial charge in [0.25, 0.3) is 0 Å². The second kappa shape index (κ2) is 11.4. The molecule has 1 fully saturated rings. The lowest BCUT2D eigenvalue weighted by atomic mass is 10.1. The number of benzene rings is 1. The Kier molecular flexibility index (Phi) is 8.31. The molecule has 6 heteroatoms. The maximum atomic E-state index is 5.90. The molecule has 29 heavy (non-hydrogen) atoms. The second-order valence-electron chi connectivity index (χ2n) is 7.39. The van der Waals surface area contributed by atoms with E-state index in [1.807, 2.05) is 12.1 Å². The molecule has 1 aromatic heterocycles. The monoisotopic (exact) mass is 396 g/mol. The fraction of sp³-hybridized carbons (Fsp3) is 0.478. The third-order valence-electron chi connectivity index (χ3n) is 4.80. The molecule has 1 aliphatic rings. The number of rotatable bonds is 9. The predicted octanol–water partition coefficient (Wildman–Crippen LogP) is 3.59. The number of aryl methyl sites for hydroxylation is 1. The molecular weight excluding hydrogens is 364 g/mol. The van der Waals surface area contributed by atoms with E-state index in [0.717, 1.165) is 50.5 Å². The van der Waals surface area contributed by atoms with Crippen molar-refractivity contribution in [1.82, 2.24) is 15.6 Å². The van der Waals surface area contributed by atoms with Gasteiger partial charge < -0.3 is 20.1 Å². The molecule has 0 amide bonds. The molecule has 1 aliphatic heterocycles. The smallest absolute Gasteiger partial charge is 0.213 e. The van der Waals surface area contributed by atoms with Gasteiger partial charge in [0.1, 0.15) is 6.10 Å². The average molecular weight is 397 g/mol. The SMILES string of the molecule is CCCCNC(=NCc1ccnc(OC2CCOC2)c1)NCc1ccc(C)cc1. The van der Waals surface area contributed by atoms with Crippen LogP contribution in [0.2, 0.25) is 0 Å². The van der Waals surface area contributed by atoms with E-state index in [1.165, 1.54) is 11.1 Å². The van der Waals surface area contributed by atoms with Crippen molar-refractivity contribution in [3.63, 3.8) is 0 Å². The third kappa shape index (κ3) is 7.38. The van der Waals surface area contributed by atoms with Gasteiger partial charge in [0, 0.05) is 31.8 Å². The Labute approximate surface area is 173 Å². The number of unbranched alkanes of at least 4 members (excludes halogenated alkanes) is 1. The Hall–Kier alpha value is -2.60. The molecule has 3 rings (SSSR count).